The Balaban J connectivity index is 1.83. The standard InChI is InChI=1S/C16H23NO3/c1-3-20-14-8-4-12(5-9-14)10-16(19)17(2)11-15(18)13-6-7-13/h4-5,8-9,13,15,18H,3,6-7,10-11H2,1-2H3. The third kappa shape index (κ3) is 4.23. The Hall–Kier alpha value is -1.55. The fourth-order valence-electron chi connectivity index (χ4n) is 2.19. The summed E-state index contributed by atoms with van der Waals surface area (Å²) in [6, 6.07) is 7.58. The number of hydrogen-bond donors (Lipinski definition) is 1. The fraction of sp³-hybridized carbons (Fsp3) is 0.562. The molecule has 4 nitrogen and oxygen atoms in total. The van der Waals surface area contributed by atoms with Gasteiger partial charge in [0.2, 0.25) is 5.91 Å². The van der Waals surface area contributed by atoms with E-state index in [4.69, 9.17) is 4.74 Å². The molecule has 0 aliphatic heterocycles. The number of carbonyl (C=O) groups is 1. The molecular formula is C16H23NO3. The number of aliphatic hydroxyl groups is 1. The first-order valence-corrected chi connectivity index (χ1v) is 7.24. The van der Waals surface area contributed by atoms with E-state index < -0.39 is 0 Å². The Morgan fingerprint density at radius 1 is 1.40 bits per heavy atom. The smallest absolute Gasteiger partial charge is 0.226 e. The SMILES string of the molecule is CCOc1ccc(CC(=O)N(C)CC(O)C2CC2)cc1. The van der Waals surface area contributed by atoms with Crippen LogP contribution in [0, 0.1) is 5.92 Å². The van der Waals surface area contributed by atoms with Gasteiger partial charge < -0.3 is 14.7 Å². The average molecular weight is 277 g/mol. The lowest BCUT2D eigenvalue weighted by atomic mass is 10.1. The van der Waals surface area contributed by atoms with Crippen molar-refractivity contribution in [2.45, 2.75) is 32.3 Å². The minimum atomic E-state index is -0.371. The number of hydrogen-bond acceptors (Lipinski definition) is 3. The second-order valence-electron chi connectivity index (χ2n) is 5.43. The second kappa shape index (κ2) is 6.75. The van der Waals surface area contributed by atoms with Gasteiger partial charge in [-0.05, 0) is 43.4 Å². The molecule has 0 spiro atoms. The normalized spacial score (nSPS) is 15.8. The van der Waals surface area contributed by atoms with Crippen LogP contribution in [0.1, 0.15) is 25.3 Å². The highest BCUT2D eigenvalue weighted by Gasteiger charge is 2.31. The summed E-state index contributed by atoms with van der Waals surface area (Å²) in [5.41, 5.74) is 0.964. The Bertz CT molecular complexity index is 440. The van der Waals surface area contributed by atoms with Crippen LogP contribution in [0.5, 0.6) is 5.75 Å². The molecule has 2 rings (SSSR count). The van der Waals surface area contributed by atoms with Gasteiger partial charge in [0.15, 0.2) is 0 Å². The van der Waals surface area contributed by atoms with E-state index in [2.05, 4.69) is 0 Å². The molecule has 1 fully saturated rings. The van der Waals surface area contributed by atoms with Crippen molar-refractivity contribution in [3.8, 4) is 5.75 Å². The summed E-state index contributed by atoms with van der Waals surface area (Å²) >= 11 is 0. The maximum absolute atomic E-state index is 12.1. The number of rotatable bonds is 7. The summed E-state index contributed by atoms with van der Waals surface area (Å²) in [5.74, 6) is 1.26. The molecule has 20 heavy (non-hydrogen) atoms. The molecule has 0 heterocycles. The van der Waals surface area contributed by atoms with E-state index in [1.807, 2.05) is 31.2 Å². The van der Waals surface area contributed by atoms with Crippen molar-refractivity contribution in [3.05, 3.63) is 29.8 Å². The molecule has 110 valence electrons. The minimum absolute atomic E-state index is 0.0360. The molecule has 1 aliphatic carbocycles. The number of aliphatic hydroxyl groups excluding tert-OH is 1. The Labute approximate surface area is 120 Å². The van der Waals surface area contributed by atoms with Crippen molar-refractivity contribution in [2.24, 2.45) is 5.92 Å². The van der Waals surface area contributed by atoms with E-state index in [0.29, 0.717) is 25.5 Å². The van der Waals surface area contributed by atoms with Gasteiger partial charge in [-0.1, -0.05) is 12.1 Å². The number of amides is 1. The lowest BCUT2D eigenvalue weighted by molar-refractivity contribution is -0.130. The van der Waals surface area contributed by atoms with Gasteiger partial charge in [0.25, 0.3) is 0 Å². The number of ether oxygens (including phenoxy) is 1. The van der Waals surface area contributed by atoms with Gasteiger partial charge in [-0.15, -0.1) is 0 Å². The lowest BCUT2D eigenvalue weighted by Gasteiger charge is -2.20. The highest BCUT2D eigenvalue weighted by molar-refractivity contribution is 5.78. The first-order valence-electron chi connectivity index (χ1n) is 7.24. The van der Waals surface area contributed by atoms with Gasteiger partial charge >= 0.3 is 0 Å². The maximum atomic E-state index is 12.1. The number of nitrogens with zero attached hydrogens (tertiary/aromatic N) is 1. The molecule has 1 unspecified atom stereocenters. The molecule has 0 aromatic heterocycles. The van der Waals surface area contributed by atoms with E-state index >= 15 is 0 Å². The summed E-state index contributed by atoms with van der Waals surface area (Å²) < 4.78 is 5.37. The average Bonchev–Trinajstić information content (AvgIpc) is 3.25. The maximum Gasteiger partial charge on any atom is 0.226 e. The van der Waals surface area contributed by atoms with Crippen molar-refractivity contribution < 1.29 is 14.6 Å². The zero-order valence-electron chi connectivity index (χ0n) is 12.2. The van der Waals surface area contributed by atoms with E-state index in [0.717, 1.165) is 24.2 Å². The van der Waals surface area contributed by atoms with Crippen LogP contribution in [-0.2, 0) is 11.2 Å². The van der Waals surface area contributed by atoms with Gasteiger partial charge in [0.1, 0.15) is 5.75 Å². The summed E-state index contributed by atoms with van der Waals surface area (Å²) in [4.78, 5) is 13.7. The van der Waals surface area contributed by atoms with Gasteiger partial charge in [-0.25, -0.2) is 0 Å². The molecule has 1 amide bonds. The monoisotopic (exact) mass is 277 g/mol. The van der Waals surface area contributed by atoms with Gasteiger partial charge in [-0.2, -0.15) is 0 Å². The van der Waals surface area contributed by atoms with Crippen molar-refractivity contribution >= 4 is 5.91 Å². The van der Waals surface area contributed by atoms with Crippen LogP contribution in [0.2, 0.25) is 0 Å². The summed E-state index contributed by atoms with van der Waals surface area (Å²) in [6.07, 6.45) is 2.16. The summed E-state index contributed by atoms with van der Waals surface area (Å²) in [5, 5.41) is 9.86. The van der Waals surface area contributed by atoms with Crippen LogP contribution in [0.3, 0.4) is 0 Å². The predicted molar refractivity (Wildman–Crippen MR) is 77.7 cm³/mol. The molecule has 1 aliphatic rings. The molecule has 1 atom stereocenters. The molecule has 1 aromatic rings. The second-order valence-corrected chi connectivity index (χ2v) is 5.43. The molecule has 4 heteroatoms. The van der Waals surface area contributed by atoms with Crippen LogP contribution in [0.4, 0.5) is 0 Å². The van der Waals surface area contributed by atoms with Gasteiger partial charge in [0.05, 0.1) is 19.1 Å². The first kappa shape index (κ1) is 14.9. The largest absolute Gasteiger partial charge is 0.494 e. The molecule has 0 saturated heterocycles. The van der Waals surface area contributed by atoms with Crippen LogP contribution < -0.4 is 4.74 Å². The Morgan fingerprint density at radius 3 is 2.60 bits per heavy atom. The molecular weight excluding hydrogens is 254 g/mol. The van der Waals surface area contributed by atoms with Crippen molar-refractivity contribution in [1.29, 1.82) is 0 Å². The topological polar surface area (TPSA) is 49.8 Å². The first-order chi connectivity index (χ1) is 9.60. The Kier molecular flexibility index (Phi) is 5.01. The summed E-state index contributed by atoms with van der Waals surface area (Å²) in [7, 11) is 1.75. The van der Waals surface area contributed by atoms with Crippen LogP contribution in [0.25, 0.3) is 0 Å². The van der Waals surface area contributed by atoms with Gasteiger partial charge in [-0.3, -0.25) is 4.79 Å². The lowest BCUT2D eigenvalue weighted by Crippen LogP contribution is -2.36. The molecule has 0 radical (unpaired) electrons. The highest BCUT2D eigenvalue weighted by Crippen LogP contribution is 2.32. The fourth-order valence-corrected chi connectivity index (χ4v) is 2.19. The summed E-state index contributed by atoms with van der Waals surface area (Å²) in [6.45, 7) is 3.01. The van der Waals surface area contributed by atoms with E-state index in [1.54, 1.807) is 11.9 Å². The number of likely N-dealkylation sites (N-methyl/N-ethyl adjacent to an activating group) is 1. The van der Waals surface area contributed by atoms with E-state index in [-0.39, 0.29) is 12.0 Å². The zero-order chi connectivity index (χ0) is 14.5. The van der Waals surface area contributed by atoms with Crippen molar-refractivity contribution in [1.82, 2.24) is 4.90 Å². The van der Waals surface area contributed by atoms with Crippen LogP contribution in [-0.4, -0.2) is 42.2 Å². The highest BCUT2D eigenvalue weighted by atomic mass is 16.5. The zero-order valence-corrected chi connectivity index (χ0v) is 12.2. The van der Waals surface area contributed by atoms with Crippen molar-refractivity contribution in [3.63, 3.8) is 0 Å². The van der Waals surface area contributed by atoms with E-state index in [1.165, 1.54) is 0 Å². The molecule has 1 aromatic carbocycles. The molecule has 1 saturated carbocycles. The van der Waals surface area contributed by atoms with Gasteiger partial charge in [0, 0.05) is 13.6 Å². The Morgan fingerprint density at radius 2 is 2.05 bits per heavy atom. The predicted octanol–water partition coefficient (Wildman–Crippen LogP) is 1.86. The molecule has 0 bridgehead atoms. The van der Waals surface area contributed by atoms with E-state index in [9.17, 15) is 9.90 Å². The van der Waals surface area contributed by atoms with Crippen LogP contribution >= 0.6 is 0 Å². The quantitative estimate of drug-likeness (QED) is 0.827. The number of carbonyl (C=O) groups excluding carboxylic acids is 1. The van der Waals surface area contributed by atoms with Crippen LogP contribution in [0.15, 0.2) is 24.3 Å². The third-order valence-electron chi connectivity index (χ3n) is 3.64. The third-order valence-corrected chi connectivity index (χ3v) is 3.64. The molecule has 1 N–H and O–H groups in total. The number of benzene rings is 1. The minimum Gasteiger partial charge on any atom is -0.494 e. The van der Waals surface area contributed by atoms with Crippen molar-refractivity contribution in [2.75, 3.05) is 20.2 Å².